The van der Waals surface area contributed by atoms with E-state index in [9.17, 15) is 24.6 Å². The Hall–Kier alpha value is -3.31. The van der Waals surface area contributed by atoms with Gasteiger partial charge in [-0.05, 0) is 5.57 Å². The maximum Gasteiger partial charge on any atom is 0.338 e. The van der Waals surface area contributed by atoms with Crippen molar-refractivity contribution in [1.82, 2.24) is 0 Å². The van der Waals surface area contributed by atoms with E-state index in [0.29, 0.717) is 0 Å². The molecule has 0 radical (unpaired) electrons. The van der Waals surface area contributed by atoms with Crippen LogP contribution in [0.1, 0.15) is 6.42 Å². The predicted molar refractivity (Wildman–Crippen MR) is 89.1 cm³/mol. The molecule has 4 rings (SSSR count). The minimum absolute atomic E-state index is 0.123. The first-order chi connectivity index (χ1) is 12.8. The zero-order valence-electron chi connectivity index (χ0n) is 13.7. The lowest BCUT2D eigenvalue weighted by molar-refractivity contribution is -0.145. The van der Waals surface area contributed by atoms with Crippen LogP contribution in [-0.2, 0) is 23.9 Å². The van der Waals surface area contributed by atoms with E-state index in [1.165, 1.54) is 0 Å². The van der Waals surface area contributed by atoms with Gasteiger partial charge in [-0.2, -0.15) is 15.0 Å². The molecule has 0 saturated heterocycles. The molecule has 11 nitrogen and oxygen atoms in total. The van der Waals surface area contributed by atoms with Crippen molar-refractivity contribution in [2.45, 2.75) is 18.1 Å². The third-order valence-corrected chi connectivity index (χ3v) is 4.55. The van der Waals surface area contributed by atoms with Crippen LogP contribution in [-0.4, -0.2) is 69.8 Å². The van der Waals surface area contributed by atoms with E-state index >= 15 is 0 Å². The Bertz CT molecular complexity index is 958. The van der Waals surface area contributed by atoms with Gasteiger partial charge in [0.05, 0.1) is 12.7 Å². The lowest BCUT2D eigenvalue weighted by Gasteiger charge is -2.30. The number of aliphatic imine (C=N–C) groups is 4. The fourth-order valence-corrected chi connectivity index (χ4v) is 3.22. The molecular weight excluding hydrogens is 360 g/mol. The second kappa shape index (κ2) is 5.86. The molecule has 27 heavy (non-hydrogen) atoms. The van der Waals surface area contributed by atoms with Gasteiger partial charge >= 0.3 is 23.9 Å². The van der Waals surface area contributed by atoms with Crippen LogP contribution in [0.4, 0.5) is 0 Å². The molecule has 11 heteroatoms. The second-order valence-electron chi connectivity index (χ2n) is 6.12. The van der Waals surface area contributed by atoms with Crippen LogP contribution in [0.25, 0.3) is 0 Å². The molecule has 0 aromatic heterocycles. The third-order valence-electron chi connectivity index (χ3n) is 4.55. The van der Waals surface area contributed by atoms with Crippen molar-refractivity contribution in [3.05, 3.63) is 24.3 Å². The van der Waals surface area contributed by atoms with Gasteiger partial charge in [0, 0.05) is 24.5 Å². The summed E-state index contributed by atoms with van der Waals surface area (Å²) in [5.41, 5.74) is -1.88. The first kappa shape index (κ1) is 17.1. The fraction of sp³-hybridized carbons (Fsp3) is 0.312. The molecule has 138 valence electrons. The van der Waals surface area contributed by atoms with E-state index in [1.807, 2.05) is 0 Å². The first-order valence-electron chi connectivity index (χ1n) is 7.85. The molecule has 1 aliphatic carbocycles. The zero-order chi connectivity index (χ0) is 19.3. The van der Waals surface area contributed by atoms with Gasteiger partial charge < -0.3 is 19.7 Å². The number of aliphatic hydroxyl groups excluding tert-OH is 2. The fourth-order valence-electron chi connectivity index (χ4n) is 3.22. The Labute approximate surface area is 151 Å². The minimum Gasteiger partial charge on any atom is -0.443 e. The van der Waals surface area contributed by atoms with Crippen LogP contribution in [0.15, 0.2) is 44.3 Å². The zero-order valence-corrected chi connectivity index (χ0v) is 13.7. The summed E-state index contributed by atoms with van der Waals surface area (Å²) in [6.45, 7) is 3.35. The molecule has 0 aromatic rings. The van der Waals surface area contributed by atoms with Crippen LogP contribution in [0.5, 0.6) is 0 Å². The molecule has 1 amide bonds. The van der Waals surface area contributed by atoms with Crippen molar-refractivity contribution in [2.24, 2.45) is 25.9 Å². The number of hydrogen-bond donors (Lipinski definition) is 2. The summed E-state index contributed by atoms with van der Waals surface area (Å²) < 4.78 is 10.2. The number of carbonyl (C=O) groups is 3. The SMILES string of the molecule is C=C1C(CO)C(O)CC12OC(=O)/C=C\C(=O)OC1=NC3=NC2=NC(=O)C3=N1. The largest absolute Gasteiger partial charge is 0.443 e. The van der Waals surface area contributed by atoms with Gasteiger partial charge in [0.1, 0.15) is 0 Å². The standard InChI is InChI=1S/C16H12N4O7/c1-6-7(5-21)8(22)4-16(6)14-18-12-11(13(25)20-14)17-15(19-12)26-9(23)2-3-10(24)27-16/h2-3,7-8,21-22H,1,4-5H2/b3-2-. The normalized spacial score (nSPS) is 33.6. The van der Waals surface area contributed by atoms with E-state index in [2.05, 4.69) is 26.5 Å². The average Bonchev–Trinajstić information content (AvgIpc) is 3.12. The molecule has 1 saturated carbocycles. The minimum atomic E-state index is -1.77. The summed E-state index contributed by atoms with van der Waals surface area (Å²) in [6, 6.07) is -0.412. The molecule has 3 bridgehead atoms. The van der Waals surface area contributed by atoms with E-state index in [0.717, 1.165) is 12.2 Å². The smallest absolute Gasteiger partial charge is 0.338 e. The highest BCUT2D eigenvalue weighted by molar-refractivity contribution is 6.72. The lowest BCUT2D eigenvalue weighted by atomic mass is 9.92. The van der Waals surface area contributed by atoms with Crippen molar-refractivity contribution in [2.75, 3.05) is 6.61 Å². The third kappa shape index (κ3) is 2.55. The van der Waals surface area contributed by atoms with Gasteiger partial charge in [-0.1, -0.05) is 6.58 Å². The van der Waals surface area contributed by atoms with Gasteiger partial charge in [-0.3, -0.25) is 4.79 Å². The van der Waals surface area contributed by atoms with Crippen molar-refractivity contribution in [1.29, 1.82) is 0 Å². The van der Waals surface area contributed by atoms with E-state index in [4.69, 9.17) is 9.47 Å². The summed E-state index contributed by atoms with van der Waals surface area (Å²) in [5.74, 6) is -4.01. The number of nitrogens with zero attached hydrogens (tertiary/aromatic N) is 4. The molecule has 3 unspecified atom stereocenters. The second-order valence-corrected chi connectivity index (χ2v) is 6.12. The number of fused-ring (bicyclic) bond motifs is 2. The van der Waals surface area contributed by atoms with Gasteiger partial charge in [-0.15, -0.1) is 0 Å². The van der Waals surface area contributed by atoms with Gasteiger partial charge in [-0.25, -0.2) is 14.6 Å². The number of carbonyl (C=O) groups excluding carboxylic acids is 3. The van der Waals surface area contributed by atoms with Crippen LogP contribution in [0.2, 0.25) is 0 Å². The summed E-state index contributed by atoms with van der Waals surface area (Å²) in [4.78, 5) is 51.9. The molecule has 3 atom stereocenters. The Morgan fingerprint density at radius 3 is 2.59 bits per heavy atom. The van der Waals surface area contributed by atoms with Crippen LogP contribution >= 0.6 is 0 Å². The van der Waals surface area contributed by atoms with Crippen molar-refractivity contribution in [3.8, 4) is 0 Å². The highest BCUT2D eigenvalue weighted by atomic mass is 16.6. The summed E-state index contributed by atoms with van der Waals surface area (Å²) >= 11 is 0. The average molecular weight is 372 g/mol. The lowest BCUT2D eigenvalue weighted by Crippen LogP contribution is -2.45. The quantitative estimate of drug-likeness (QED) is 0.416. The number of hydrogen-bond acceptors (Lipinski definition) is 10. The van der Waals surface area contributed by atoms with E-state index < -0.39 is 48.1 Å². The first-order valence-corrected chi connectivity index (χ1v) is 7.85. The predicted octanol–water partition coefficient (Wildman–Crippen LogP) is -1.54. The molecule has 1 fully saturated rings. The highest BCUT2D eigenvalue weighted by Crippen LogP contribution is 2.44. The maximum atomic E-state index is 12.3. The monoisotopic (exact) mass is 372 g/mol. The highest BCUT2D eigenvalue weighted by Gasteiger charge is 2.56. The number of amides is 1. The number of ether oxygens (including phenoxy) is 2. The van der Waals surface area contributed by atoms with Gasteiger partial charge in [0.15, 0.2) is 23.0 Å². The Kier molecular flexibility index (Phi) is 3.71. The number of amidine groups is 3. The van der Waals surface area contributed by atoms with Crippen LogP contribution < -0.4 is 0 Å². The topological polar surface area (TPSA) is 160 Å². The Morgan fingerprint density at radius 1 is 1.15 bits per heavy atom. The molecular formula is C16H12N4O7. The molecule has 4 aliphatic rings. The van der Waals surface area contributed by atoms with Crippen molar-refractivity contribution in [3.63, 3.8) is 0 Å². The van der Waals surface area contributed by atoms with Gasteiger partial charge in [0.2, 0.25) is 0 Å². The number of rotatable bonds is 1. The van der Waals surface area contributed by atoms with Crippen molar-refractivity contribution >= 4 is 41.3 Å². The summed E-state index contributed by atoms with van der Waals surface area (Å²) in [5, 5.41) is 19.8. The Morgan fingerprint density at radius 2 is 1.89 bits per heavy atom. The van der Waals surface area contributed by atoms with E-state index in [-0.39, 0.29) is 29.4 Å². The van der Waals surface area contributed by atoms with E-state index in [1.54, 1.807) is 0 Å². The molecule has 2 N–H and O–H groups in total. The summed E-state index contributed by atoms with van der Waals surface area (Å²) in [6.07, 6.45) is 0.263. The van der Waals surface area contributed by atoms with Crippen LogP contribution in [0.3, 0.4) is 0 Å². The number of aliphatic hydroxyl groups is 2. The Balaban J connectivity index is 1.90. The summed E-state index contributed by atoms with van der Waals surface area (Å²) in [7, 11) is 0. The molecule has 3 heterocycles. The number of esters is 2. The molecule has 1 spiro atoms. The van der Waals surface area contributed by atoms with Crippen molar-refractivity contribution < 1.29 is 34.1 Å². The molecule has 0 aromatic carbocycles. The molecule has 3 aliphatic heterocycles. The maximum absolute atomic E-state index is 12.3. The van der Waals surface area contributed by atoms with Crippen LogP contribution in [0, 0.1) is 5.92 Å². The van der Waals surface area contributed by atoms with Gasteiger partial charge in [0.25, 0.3) is 0 Å².